The average molecular weight is 502 g/mol. The Kier molecular flexibility index (Phi) is 6.99. The van der Waals surface area contributed by atoms with E-state index in [2.05, 4.69) is 20.4 Å². The van der Waals surface area contributed by atoms with Crippen molar-refractivity contribution in [3.05, 3.63) is 47.0 Å². The van der Waals surface area contributed by atoms with Gasteiger partial charge in [-0.25, -0.2) is 9.67 Å². The second kappa shape index (κ2) is 9.94. The number of amides is 1. The lowest BCUT2D eigenvalue weighted by Gasteiger charge is -2.31. The molecular weight excluding hydrogens is 478 g/mol. The highest BCUT2D eigenvalue weighted by atomic mass is 35.5. The number of carbonyl (C=O) groups is 1. The number of fused-ring (bicyclic) bond motifs is 1. The zero-order valence-electron chi connectivity index (χ0n) is 19.3. The standard InChI is InChI=1S/C23H24ClN5O4S/c1-12-18(21(30)26-15-8-6-14(24)7-9-15)19(29-22(25-12)27-23(28-29)34-5)13-10-16(31-2)20(33-4)17(11-13)32-3/h6-11,18-19H,1-5H3,(H,26,30). The fourth-order valence-electron chi connectivity index (χ4n) is 3.93. The van der Waals surface area contributed by atoms with E-state index in [4.69, 9.17) is 25.8 Å². The van der Waals surface area contributed by atoms with Crippen molar-refractivity contribution in [3.8, 4) is 17.2 Å². The summed E-state index contributed by atoms with van der Waals surface area (Å²) in [6.07, 6.45) is 1.89. The number of halogens is 1. The molecule has 2 heterocycles. The van der Waals surface area contributed by atoms with Gasteiger partial charge in [0.2, 0.25) is 22.8 Å². The first-order chi connectivity index (χ1) is 16.4. The Labute approximate surface area is 206 Å². The largest absolute Gasteiger partial charge is 0.493 e. The molecule has 1 aliphatic heterocycles. The summed E-state index contributed by atoms with van der Waals surface area (Å²) in [7, 11) is 4.64. The molecule has 2 unspecified atom stereocenters. The number of anilines is 1. The molecule has 3 aromatic rings. The number of hydrogen-bond acceptors (Lipinski definition) is 8. The van der Waals surface area contributed by atoms with Crippen LogP contribution in [0.5, 0.6) is 17.2 Å². The van der Waals surface area contributed by atoms with Crippen molar-refractivity contribution >= 4 is 46.6 Å². The first-order valence-electron chi connectivity index (χ1n) is 10.3. The molecule has 9 nitrogen and oxygen atoms in total. The minimum atomic E-state index is -0.678. The van der Waals surface area contributed by atoms with E-state index in [1.54, 1.807) is 50.3 Å². The van der Waals surface area contributed by atoms with E-state index in [0.717, 1.165) is 5.56 Å². The molecule has 0 fully saturated rings. The highest BCUT2D eigenvalue weighted by Gasteiger charge is 2.40. The summed E-state index contributed by atoms with van der Waals surface area (Å²) < 4.78 is 18.3. The number of carbonyl (C=O) groups excluding carboxylic acids is 1. The number of aromatic nitrogens is 3. The maximum atomic E-state index is 13.6. The Morgan fingerprint density at radius 3 is 2.29 bits per heavy atom. The van der Waals surface area contributed by atoms with Crippen molar-refractivity contribution in [2.24, 2.45) is 10.9 Å². The van der Waals surface area contributed by atoms with E-state index >= 15 is 0 Å². The third-order valence-corrected chi connectivity index (χ3v) is 6.29. The summed E-state index contributed by atoms with van der Waals surface area (Å²) in [5.74, 6) is 0.912. The Hall–Kier alpha value is -3.24. The number of ether oxygens (including phenoxy) is 3. The Morgan fingerprint density at radius 2 is 1.74 bits per heavy atom. The molecule has 1 N–H and O–H groups in total. The molecule has 0 saturated carbocycles. The summed E-state index contributed by atoms with van der Waals surface area (Å²) in [6.45, 7) is 1.81. The van der Waals surface area contributed by atoms with Gasteiger partial charge in [0.05, 0.1) is 27.4 Å². The fraction of sp³-hybridized carbons (Fsp3) is 0.304. The van der Waals surface area contributed by atoms with Crippen LogP contribution in [0.1, 0.15) is 18.5 Å². The van der Waals surface area contributed by atoms with E-state index < -0.39 is 12.0 Å². The van der Waals surface area contributed by atoms with Crippen LogP contribution in [0, 0.1) is 5.92 Å². The maximum absolute atomic E-state index is 13.6. The molecule has 0 bridgehead atoms. The van der Waals surface area contributed by atoms with Crippen LogP contribution < -0.4 is 19.5 Å². The van der Waals surface area contributed by atoms with Crippen LogP contribution >= 0.6 is 23.4 Å². The van der Waals surface area contributed by atoms with E-state index in [-0.39, 0.29) is 5.91 Å². The van der Waals surface area contributed by atoms with Crippen molar-refractivity contribution < 1.29 is 19.0 Å². The smallest absolute Gasteiger partial charge is 0.249 e. The summed E-state index contributed by atoms with van der Waals surface area (Å²) in [5.41, 5.74) is 1.97. The minimum absolute atomic E-state index is 0.242. The summed E-state index contributed by atoms with van der Waals surface area (Å²) in [6, 6.07) is 10.0. The number of methoxy groups -OCH3 is 3. The van der Waals surface area contributed by atoms with Crippen LogP contribution in [-0.4, -0.2) is 54.0 Å². The van der Waals surface area contributed by atoms with Gasteiger partial charge >= 0.3 is 0 Å². The fourth-order valence-corrected chi connectivity index (χ4v) is 4.40. The number of nitrogens with zero attached hydrogens (tertiary/aromatic N) is 4. The normalized spacial score (nSPS) is 16.9. The second-order valence-electron chi connectivity index (χ2n) is 7.47. The van der Waals surface area contributed by atoms with Crippen molar-refractivity contribution in [1.82, 2.24) is 14.8 Å². The molecule has 178 valence electrons. The Bertz CT molecular complexity index is 1220. The van der Waals surface area contributed by atoms with E-state index in [9.17, 15) is 4.79 Å². The highest BCUT2D eigenvalue weighted by molar-refractivity contribution is 7.98. The summed E-state index contributed by atoms with van der Waals surface area (Å²) in [4.78, 5) is 22.7. The van der Waals surface area contributed by atoms with Gasteiger partial charge in [-0.1, -0.05) is 23.4 Å². The van der Waals surface area contributed by atoms with Gasteiger partial charge in [0.15, 0.2) is 11.5 Å². The molecule has 2 atom stereocenters. The topological polar surface area (TPSA) is 99.9 Å². The van der Waals surface area contributed by atoms with Crippen molar-refractivity contribution in [3.63, 3.8) is 0 Å². The molecule has 0 spiro atoms. The van der Waals surface area contributed by atoms with Crippen LogP contribution in [0.4, 0.5) is 11.6 Å². The van der Waals surface area contributed by atoms with E-state index in [0.29, 0.717) is 44.8 Å². The first kappa shape index (κ1) is 23.9. The molecule has 0 radical (unpaired) electrons. The van der Waals surface area contributed by atoms with Crippen molar-refractivity contribution in [2.45, 2.75) is 18.1 Å². The molecule has 1 amide bonds. The number of thioether (sulfide) groups is 1. The van der Waals surface area contributed by atoms with Gasteiger partial charge in [0, 0.05) is 16.4 Å². The molecule has 11 heteroatoms. The second-order valence-corrected chi connectivity index (χ2v) is 8.68. The lowest BCUT2D eigenvalue weighted by molar-refractivity contribution is -0.118. The van der Waals surface area contributed by atoms with Crippen LogP contribution in [0.25, 0.3) is 0 Å². The van der Waals surface area contributed by atoms with Gasteiger partial charge in [-0.15, -0.1) is 5.10 Å². The lowest BCUT2D eigenvalue weighted by Crippen LogP contribution is -2.39. The van der Waals surface area contributed by atoms with Crippen LogP contribution in [0.3, 0.4) is 0 Å². The Morgan fingerprint density at radius 1 is 1.09 bits per heavy atom. The van der Waals surface area contributed by atoms with Gasteiger partial charge in [-0.3, -0.25) is 4.79 Å². The van der Waals surface area contributed by atoms with Crippen LogP contribution in [0.15, 0.2) is 46.5 Å². The SMILES string of the molecule is COc1cc(C2C(C(=O)Nc3ccc(Cl)cc3)C(C)=Nc3nc(SC)nn32)cc(OC)c1OC. The van der Waals surface area contributed by atoms with Gasteiger partial charge in [0.1, 0.15) is 5.92 Å². The van der Waals surface area contributed by atoms with Crippen LogP contribution in [-0.2, 0) is 4.79 Å². The molecule has 34 heavy (non-hydrogen) atoms. The monoisotopic (exact) mass is 501 g/mol. The number of benzene rings is 2. The highest BCUT2D eigenvalue weighted by Crippen LogP contribution is 2.44. The van der Waals surface area contributed by atoms with Crippen molar-refractivity contribution in [2.75, 3.05) is 32.9 Å². The predicted octanol–water partition coefficient (Wildman–Crippen LogP) is 4.63. The van der Waals surface area contributed by atoms with Gasteiger partial charge in [0.25, 0.3) is 0 Å². The summed E-state index contributed by atoms with van der Waals surface area (Å²) >= 11 is 7.39. The third-order valence-electron chi connectivity index (χ3n) is 5.50. The van der Waals surface area contributed by atoms with E-state index in [1.165, 1.54) is 11.8 Å². The lowest BCUT2D eigenvalue weighted by atomic mass is 9.87. The van der Waals surface area contributed by atoms with Gasteiger partial charge in [-0.05, 0) is 55.1 Å². The predicted molar refractivity (Wildman–Crippen MR) is 132 cm³/mol. The van der Waals surface area contributed by atoms with Gasteiger partial charge < -0.3 is 19.5 Å². The summed E-state index contributed by atoms with van der Waals surface area (Å²) in [5, 5.41) is 8.73. The molecule has 0 saturated heterocycles. The molecule has 1 aliphatic rings. The third kappa shape index (κ3) is 4.43. The van der Waals surface area contributed by atoms with E-state index in [1.807, 2.05) is 25.3 Å². The number of aliphatic imine (C=N–C) groups is 1. The average Bonchev–Trinajstić information content (AvgIpc) is 3.26. The number of rotatable bonds is 7. The quantitative estimate of drug-likeness (QED) is 0.471. The minimum Gasteiger partial charge on any atom is -0.493 e. The number of nitrogens with one attached hydrogen (secondary N) is 1. The first-order valence-corrected chi connectivity index (χ1v) is 11.9. The molecule has 1 aromatic heterocycles. The zero-order valence-corrected chi connectivity index (χ0v) is 20.9. The molecule has 2 aromatic carbocycles. The molecule has 0 aliphatic carbocycles. The maximum Gasteiger partial charge on any atom is 0.249 e. The zero-order chi connectivity index (χ0) is 24.4. The molecular formula is C23H24ClN5O4S. The number of hydrogen-bond donors (Lipinski definition) is 1. The Balaban J connectivity index is 1.85. The van der Waals surface area contributed by atoms with Crippen molar-refractivity contribution in [1.29, 1.82) is 0 Å². The van der Waals surface area contributed by atoms with Gasteiger partial charge in [-0.2, -0.15) is 4.98 Å². The van der Waals surface area contributed by atoms with Crippen LogP contribution in [0.2, 0.25) is 5.02 Å². The molecule has 4 rings (SSSR count).